The van der Waals surface area contributed by atoms with Crippen molar-refractivity contribution in [3.63, 3.8) is 0 Å². The summed E-state index contributed by atoms with van der Waals surface area (Å²) in [5.41, 5.74) is -0.801. The van der Waals surface area contributed by atoms with Gasteiger partial charge in [-0.05, 0) is 54.6 Å². The Kier molecular flexibility index (Phi) is 5.64. The molecule has 0 radical (unpaired) electrons. The van der Waals surface area contributed by atoms with Crippen LogP contribution in [0.5, 0.6) is 17.4 Å². The number of anilines is 1. The standard InChI is InChI=1S/C19H15F3N2O4S/c1-27-15-5-7-16(8-6-15)28-18-11-4-14(12-23-18)24-29(25,26)17-9-2-13(3-10-17)19(20,21)22/h2-12,24H,1H3. The van der Waals surface area contributed by atoms with Gasteiger partial charge in [-0.1, -0.05) is 0 Å². The summed E-state index contributed by atoms with van der Waals surface area (Å²) in [4.78, 5) is 3.71. The number of pyridine rings is 1. The maximum Gasteiger partial charge on any atom is 0.416 e. The number of ether oxygens (including phenoxy) is 2. The van der Waals surface area contributed by atoms with Gasteiger partial charge in [-0.3, -0.25) is 4.72 Å². The van der Waals surface area contributed by atoms with Crippen LogP contribution >= 0.6 is 0 Å². The number of sulfonamides is 1. The molecule has 152 valence electrons. The summed E-state index contributed by atoms with van der Waals surface area (Å²) in [6, 6.07) is 12.9. The van der Waals surface area contributed by atoms with Gasteiger partial charge < -0.3 is 9.47 Å². The maximum atomic E-state index is 12.6. The van der Waals surface area contributed by atoms with Crippen LogP contribution < -0.4 is 14.2 Å². The number of hydrogen-bond acceptors (Lipinski definition) is 5. The van der Waals surface area contributed by atoms with Gasteiger partial charge in [-0.15, -0.1) is 0 Å². The fraction of sp³-hybridized carbons (Fsp3) is 0.105. The van der Waals surface area contributed by atoms with E-state index in [0.29, 0.717) is 23.6 Å². The van der Waals surface area contributed by atoms with Crippen LogP contribution in [-0.4, -0.2) is 20.5 Å². The molecule has 6 nitrogen and oxygen atoms in total. The second-order valence-corrected chi connectivity index (χ2v) is 7.47. The first-order chi connectivity index (χ1) is 13.7. The smallest absolute Gasteiger partial charge is 0.416 e. The van der Waals surface area contributed by atoms with Crippen molar-refractivity contribution in [2.45, 2.75) is 11.1 Å². The summed E-state index contributed by atoms with van der Waals surface area (Å²) < 4.78 is 75.3. The zero-order chi connectivity index (χ0) is 21.1. The van der Waals surface area contributed by atoms with E-state index >= 15 is 0 Å². The molecule has 10 heteroatoms. The fourth-order valence-corrected chi connectivity index (χ4v) is 3.35. The molecule has 0 unspecified atom stereocenters. The van der Waals surface area contributed by atoms with Crippen LogP contribution in [0.2, 0.25) is 0 Å². The summed E-state index contributed by atoms with van der Waals surface area (Å²) in [7, 11) is -2.52. The number of halogens is 3. The molecule has 2 aromatic carbocycles. The van der Waals surface area contributed by atoms with E-state index in [-0.39, 0.29) is 16.5 Å². The normalized spacial score (nSPS) is 11.7. The fourth-order valence-electron chi connectivity index (χ4n) is 2.30. The summed E-state index contributed by atoms with van der Waals surface area (Å²) >= 11 is 0. The maximum absolute atomic E-state index is 12.6. The number of aromatic nitrogens is 1. The van der Waals surface area contributed by atoms with Gasteiger partial charge >= 0.3 is 6.18 Å². The lowest BCUT2D eigenvalue weighted by Crippen LogP contribution is -2.14. The monoisotopic (exact) mass is 424 g/mol. The Balaban J connectivity index is 1.69. The predicted octanol–water partition coefficient (Wildman–Crippen LogP) is 4.70. The highest BCUT2D eigenvalue weighted by Gasteiger charge is 2.30. The molecule has 0 aliphatic heterocycles. The minimum absolute atomic E-state index is 0.131. The first kappa shape index (κ1) is 20.5. The second-order valence-electron chi connectivity index (χ2n) is 5.79. The molecule has 1 aromatic heterocycles. The number of nitrogens with zero attached hydrogens (tertiary/aromatic N) is 1. The molecule has 3 aromatic rings. The Morgan fingerprint density at radius 2 is 1.52 bits per heavy atom. The summed E-state index contributed by atoms with van der Waals surface area (Å²) in [6.07, 6.45) is -3.31. The Morgan fingerprint density at radius 3 is 2.03 bits per heavy atom. The number of nitrogens with one attached hydrogen (secondary N) is 1. The van der Waals surface area contributed by atoms with Gasteiger partial charge in [0.1, 0.15) is 11.5 Å². The van der Waals surface area contributed by atoms with E-state index < -0.39 is 21.8 Å². The molecule has 1 N–H and O–H groups in total. The number of rotatable bonds is 6. The van der Waals surface area contributed by atoms with Gasteiger partial charge in [-0.2, -0.15) is 13.2 Å². The Labute approximate surface area is 165 Å². The molecule has 0 aliphatic rings. The van der Waals surface area contributed by atoms with E-state index in [9.17, 15) is 21.6 Å². The highest BCUT2D eigenvalue weighted by molar-refractivity contribution is 7.92. The highest BCUT2D eigenvalue weighted by atomic mass is 32.2. The molecule has 0 spiro atoms. The van der Waals surface area contributed by atoms with E-state index in [0.717, 1.165) is 12.1 Å². The van der Waals surface area contributed by atoms with Crippen molar-refractivity contribution in [1.29, 1.82) is 0 Å². The van der Waals surface area contributed by atoms with Gasteiger partial charge in [0.15, 0.2) is 0 Å². The van der Waals surface area contributed by atoms with Gasteiger partial charge in [0.2, 0.25) is 5.88 Å². The molecular weight excluding hydrogens is 409 g/mol. The quantitative estimate of drug-likeness (QED) is 0.621. The zero-order valence-corrected chi connectivity index (χ0v) is 15.8. The van der Waals surface area contributed by atoms with Crippen molar-refractivity contribution in [2.24, 2.45) is 0 Å². The predicted molar refractivity (Wildman–Crippen MR) is 99.6 cm³/mol. The average molecular weight is 424 g/mol. The van der Waals surface area contributed by atoms with Crippen molar-refractivity contribution in [3.8, 4) is 17.4 Å². The topological polar surface area (TPSA) is 77.5 Å². The van der Waals surface area contributed by atoms with Crippen molar-refractivity contribution >= 4 is 15.7 Å². The molecule has 0 saturated carbocycles. The Hall–Kier alpha value is -3.27. The SMILES string of the molecule is COc1ccc(Oc2ccc(NS(=O)(=O)c3ccc(C(F)(F)F)cc3)cn2)cc1. The van der Waals surface area contributed by atoms with E-state index in [1.807, 2.05) is 0 Å². The van der Waals surface area contributed by atoms with Crippen molar-refractivity contribution < 1.29 is 31.1 Å². The van der Waals surface area contributed by atoms with Crippen molar-refractivity contribution in [3.05, 3.63) is 72.4 Å². The molecule has 3 rings (SSSR count). The molecule has 29 heavy (non-hydrogen) atoms. The lowest BCUT2D eigenvalue weighted by molar-refractivity contribution is -0.137. The van der Waals surface area contributed by atoms with Crippen LogP contribution in [0, 0.1) is 0 Å². The van der Waals surface area contributed by atoms with E-state index in [1.165, 1.54) is 18.3 Å². The number of methoxy groups -OCH3 is 1. The lowest BCUT2D eigenvalue weighted by atomic mass is 10.2. The third-order valence-electron chi connectivity index (χ3n) is 3.76. The minimum atomic E-state index is -4.54. The van der Waals surface area contributed by atoms with Crippen LogP contribution in [0.1, 0.15) is 5.56 Å². The van der Waals surface area contributed by atoms with Crippen molar-refractivity contribution in [1.82, 2.24) is 4.98 Å². The summed E-state index contributed by atoms with van der Waals surface area (Å²) in [5, 5.41) is 0. The average Bonchev–Trinajstić information content (AvgIpc) is 2.69. The largest absolute Gasteiger partial charge is 0.497 e. The van der Waals surface area contributed by atoms with E-state index in [4.69, 9.17) is 9.47 Å². The molecule has 0 bridgehead atoms. The first-order valence-electron chi connectivity index (χ1n) is 8.15. The van der Waals surface area contributed by atoms with Crippen LogP contribution in [-0.2, 0) is 16.2 Å². The first-order valence-corrected chi connectivity index (χ1v) is 9.64. The number of hydrogen-bond donors (Lipinski definition) is 1. The van der Waals surface area contributed by atoms with Crippen LogP contribution in [0.4, 0.5) is 18.9 Å². The molecule has 0 saturated heterocycles. The van der Waals surface area contributed by atoms with Gasteiger partial charge in [0, 0.05) is 6.07 Å². The van der Waals surface area contributed by atoms with E-state index in [2.05, 4.69) is 9.71 Å². The summed E-state index contributed by atoms with van der Waals surface area (Å²) in [6.45, 7) is 0. The van der Waals surface area contributed by atoms with Crippen molar-refractivity contribution in [2.75, 3.05) is 11.8 Å². The van der Waals surface area contributed by atoms with E-state index in [1.54, 1.807) is 31.4 Å². The molecular formula is C19H15F3N2O4S. The van der Waals surface area contributed by atoms with Gasteiger partial charge in [0.05, 0.1) is 29.5 Å². The molecule has 0 aliphatic carbocycles. The zero-order valence-electron chi connectivity index (χ0n) is 15.0. The van der Waals surface area contributed by atoms with Gasteiger partial charge in [-0.25, -0.2) is 13.4 Å². The highest BCUT2D eigenvalue weighted by Crippen LogP contribution is 2.30. The Bertz CT molecular complexity index is 1070. The minimum Gasteiger partial charge on any atom is -0.497 e. The van der Waals surface area contributed by atoms with Crippen LogP contribution in [0.3, 0.4) is 0 Å². The summed E-state index contributed by atoms with van der Waals surface area (Å²) in [5.74, 6) is 1.40. The molecule has 1 heterocycles. The number of benzene rings is 2. The molecule has 0 atom stereocenters. The third-order valence-corrected chi connectivity index (χ3v) is 5.16. The lowest BCUT2D eigenvalue weighted by Gasteiger charge is -2.11. The van der Waals surface area contributed by atoms with Gasteiger partial charge in [0.25, 0.3) is 10.0 Å². The Morgan fingerprint density at radius 1 is 0.897 bits per heavy atom. The number of alkyl halides is 3. The molecule has 0 amide bonds. The van der Waals surface area contributed by atoms with Crippen LogP contribution in [0.25, 0.3) is 0 Å². The second kappa shape index (κ2) is 8.00. The third kappa shape index (κ3) is 5.17. The molecule has 0 fully saturated rings. The van der Waals surface area contributed by atoms with Crippen LogP contribution in [0.15, 0.2) is 71.8 Å².